The molecule has 0 saturated heterocycles. The van der Waals surface area contributed by atoms with E-state index in [0.717, 1.165) is 59.8 Å². The van der Waals surface area contributed by atoms with Gasteiger partial charge in [-0.05, 0) is 24.3 Å². The SMILES string of the molecule is Clc1cc(C2=CSC3=NCCN23)c2c(c1)N(CCOc1ccccc1)CCO2. The summed E-state index contributed by atoms with van der Waals surface area (Å²) in [5.41, 5.74) is 3.19. The molecular formula is C21H20ClN3O2S. The molecule has 2 aromatic carbocycles. The van der Waals surface area contributed by atoms with Gasteiger partial charge in [-0.2, -0.15) is 0 Å². The lowest BCUT2D eigenvalue weighted by Gasteiger charge is -2.33. The Morgan fingerprint density at radius 2 is 2.07 bits per heavy atom. The van der Waals surface area contributed by atoms with Crippen LogP contribution >= 0.6 is 23.4 Å². The molecule has 3 aliphatic heterocycles. The molecule has 0 aromatic heterocycles. The summed E-state index contributed by atoms with van der Waals surface area (Å²) >= 11 is 8.17. The number of nitrogens with zero attached hydrogens (tertiary/aromatic N) is 3. The summed E-state index contributed by atoms with van der Waals surface area (Å²) < 4.78 is 12.0. The molecule has 0 amide bonds. The molecule has 2 aromatic rings. The average Bonchev–Trinajstić information content (AvgIpc) is 3.32. The fourth-order valence-corrected chi connectivity index (χ4v) is 4.86. The van der Waals surface area contributed by atoms with Crippen LogP contribution in [0.25, 0.3) is 5.70 Å². The third-order valence-corrected chi connectivity index (χ3v) is 6.12. The second-order valence-electron chi connectivity index (χ2n) is 6.74. The zero-order valence-electron chi connectivity index (χ0n) is 15.3. The summed E-state index contributed by atoms with van der Waals surface area (Å²) in [6, 6.07) is 13.9. The molecule has 28 heavy (non-hydrogen) atoms. The highest BCUT2D eigenvalue weighted by Crippen LogP contribution is 2.45. The molecule has 144 valence electrons. The topological polar surface area (TPSA) is 37.3 Å². The Hall–Kier alpha value is -2.31. The third kappa shape index (κ3) is 3.31. The normalized spacial score (nSPS) is 17.6. The van der Waals surface area contributed by atoms with Gasteiger partial charge in [-0.25, -0.2) is 0 Å². The Morgan fingerprint density at radius 1 is 1.18 bits per heavy atom. The monoisotopic (exact) mass is 413 g/mol. The van der Waals surface area contributed by atoms with Crippen molar-refractivity contribution >= 4 is 39.9 Å². The Labute approximate surface area is 173 Å². The second-order valence-corrected chi connectivity index (χ2v) is 8.01. The highest BCUT2D eigenvalue weighted by Gasteiger charge is 2.31. The van der Waals surface area contributed by atoms with Crippen molar-refractivity contribution in [3.05, 3.63) is 58.5 Å². The van der Waals surface area contributed by atoms with Crippen LogP contribution in [0.2, 0.25) is 5.02 Å². The summed E-state index contributed by atoms with van der Waals surface area (Å²) in [6.07, 6.45) is 0. The van der Waals surface area contributed by atoms with Crippen molar-refractivity contribution in [1.29, 1.82) is 0 Å². The first-order valence-electron chi connectivity index (χ1n) is 9.38. The van der Waals surface area contributed by atoms with E-state index in [2.05, 4.69) is 20.2 Å². The van der Waals surface area contributed by atoms with Crippen molar-refractivity contribution in [1.82, 2.24) is 4.90 Å². The van der Waals surface area contributed by atoms with E-state index >= 15 is 0 Å². The number of fused-ring (bicyclic) bond motifs is 2. The molecule has 5 rings (SSSR count). The van der Waals surface area contributed by atoms with Crippen LogP contribution in [0.1, 0.15) is 5.56 Å². The van der Waals surface area contributed by atoms with Crippen LogP contribution in [0.15, 0.2) is 52.9 Å². The van der Waals surface area contributed by atoms with Gasteiger partial charge in [0.1, 0.15) is 19.0 Å². The minimum atomic E-state index is 0.604. The summed E-state index contributed by atoms with van der Waals surface area (Å²) in [6.45, 7) is 4.59. The zero-order chi connectivity index (χ0) is 18.9. The van der Waals surface area contributed by atoms with Crippen molar-refractivity contribution in [2.45, 2.75) is 0 Å². The van der Waals surface area contributed by atoms with Crippen molar-refractivity contribution in [3.63, 3.8) is 0 Å². The van der Waals surface area contributed by atoms with Crippen LogP contribution < -0.4 is 14.4 Å². The standard InChI is InChI=1S/C21H20ClN3O2S/c22-15-12-17(19-14-28-21-23-6-7-25(19)21)20-18(13-15)24(9-11-27-20)8-10-26-16-4-2-1-3-5-16/h1-5,12-14H,6-11H2. The van der Waals surface area contributed by atoms with E-state index in [1.165, 1.54) is 0 Å². The van der Waals surface area contributed by atoms with E-state index in [-0.39, 0.29) is 0 Å². The van der Waals surface area contributed by atoms with E-state index in [1.54, 1.807) is 11.8 Å². The summed E-state index contributed by atoms with van der Waals surface area (Å²) in [4.78, 5) is 9.08. The summed E-state index contributed by atoms with van der Waals surface area (Å²) in [7, 11) is 0. The van der Waals surface area contributed by atoms with Gasteiger partial charge in [0.2, 0.25) is 0 Å². The number of halogens is 1. The van der Waals surface area contributed by atoms with Gasteiger partial charge in [0.15, 0.2) is 10.9 Å². The Balaban J connectivity index is 1.39. The smallest absolute Gasteiger partial charge is 0.168 e. The predicted octanol–water partition coefficient (Wildman–Crippen LogP) is 4.33. The number of rotatable bonds is 5. The van der Waals surface area contributed by atoms with E-state index in [1.807, 2.05) is 42.5 Å². The van der Waals surface area contributed by atoms with Crippen molar-refractivity contribution in [2.75, 3.05) is 44.3 Å². The Kier molecular flexibility index (Phi) is 4.82. The van der Waals surface area contributed by atoms with Gasteiger partial charge in [-0.15, -0.1) is 0 Å². The average molecular weight is 414 g/mol. The molecule has 0 aliphatic carbocycles. The summed E-state index contributed by atoms with van der Waals surface area (Å²) in [5, 5.41) is 3.92. The number of thioether (sulfide) groups is 1. The first kappa shape index (κ1) is 17.8. The molecule has 0 atom stereocenters. The lowest BCUT2D eigenvalue weighted by molar-refractivity contribution is 0.287. The quantitative estimate of drug-likeness (QED) is 0.729. The maximum atomic E-state index is 6.50. The molecule has 0 unspecified atom stereocenters. The number of anilines is 1. The summed E-state index contributed by atoms with van der Waals surface area (Å²) in [5.74, 6) is 1.78. The van der Waals surface area contributed by atoms with Gasteiger partial charge in [0.25, 0.3) is 0 Å². The molecule has 0 N–H and O–H groups in total. The van der Waals surface area contributed by atoms with Crippen LogP contribution in [0.3, 0.4) is 0 Å². The minimum Gasteiger partial charge on any atom is -0.492 e. The van der Waals surface area contributed by atoms with Gasteiger partial charge in [0.05, 0.1) is 31.0 Å². The molecule has 0 radical (unpaired) electrons. The lowest BCUT2D eigenvalue weighted by Crippen LogP contribution is -2.36. The number of hydrogen-bond acceptors (Lipinski definition) is 6. The van der Waals surface area contributed by atoms with E-state index in [0.29, 0.717) is 18.2 Å². The molecule has 3 aliphatic rings. The first-order chi connectivity index (χ1) is 13.8. The van der Waals surface area contributed by atoms with Gasteiger partial charge >= 0.3 is 0 Å². The number of aliphatic imine (C=N–C) groups is 1. The number of ether oxygens (including phenoxy) is 2. The van der Waals surface area contributed by atoms with Crippen LogP contribution in [0.5, 0.6) is 11.5 Å². The zero-order valence-corrected chi connectivity index (χ0v) is 16.9. The molecule has 3 heterocycles. The Morgan fingerprint density at radius 3 is 2.96 bits per heavy atom. The third-order valence-electron chi connectivity index (χ3n) is 5.00. The molecular weight excluding hydrogens is 394 g/mol. The van der Waals surface area contributed by atoms with Crippen LogP contribution in [-0.4, -0.2) is 49.5 Å². The minimum absolute atomic E-state index is 0.604. The molecule has 7 heteroatoms. The fraction of sp³-hybridized carbons (Fsp3) is 0.286. The van der Waals surface area contributed by atoms with Gasteiger partial charge in [0, 0.05) is 22.5 Å². The molecule has 5 nitrogen and oxygen atoms in total. The van der Waals surface area contributed by atoms with Crippen LogP contribution in [-0.2, 0) is 0 Å². The molecule has 0 fully saturated rings. The second kappa shape index (κ2) is 7.60. The number of benzene rings is 2. The lowest BCUT2D eigenvalue weighted by atomic mass is 10.1. The van der Waals surface area contributed by atoms with E-state index in [4.69, 9.17) is 21.1 Å². The largest absolute Gasteiger partial charge is 0.492 e. The van der Waals surface area contributed by atoms with E-state index < -0.39 is 0 Å². The first-order valence-corrected chi connectivity index (χ1v) is 10.6. The number of hydrogen-bond donors (Lipinski definition) is 0. The van der Waals surface area contributed by atoms with Crippen molar-refractivity contribution in [3.8, 4) is 11.5 Å². The molecule has 0 spiro atoms. The number of para-hydroxylation sites is 1. The van der Waals surface area contributed by atoms with Crippen molar-refractivity contribution in [2.24, 2.45) is 4.99 Å². The molecule has 0 saturated carbocycles. The van der Waals surface area contributed by atoms with Crippen molar-refractivity contribution < 1.29 is 9.47 Å². The van der Waals surface area contributed by atoms with E-state index in [9.17, 15) is 0 Å². The maximum absolute atomic E-state index is 6.50. The maximum Gasteiger partial charge on any atom is 0.168 e. The highest BCUT2D eigenvalue weighted by molar-refractivity contribution is 8.16. The molecule has 0 bridgehead atoms. The predicted molar refractivity (Wildman–Crippen MR) is 116 cm³/mol. The van der Waals surface area contributed by atoms with Gasteiger partial charge in [-0.1, -0.05) is 41.6 Å². The van der Waals surface area contributed by atoms with Crippen LogP contribution in [0, 0.1) is 0 Å². The van der Waals surface area contributed by atoms with Gasteiger partial charge in [-0.3, -0.25) is 4.99 Å². The number of amidine groups is 1. The van der Waals surface area contributed by atoms with Gasteiger partial charge < -0.3 is 19.3 Å². The Bertz CT molecular complexity index is 948. The van der Waals surface area contributed by atoms with Crippen LogP contribution in [0.4, 0.5) is 5.69 Å². The fourth-order valence-electron chi connectivity index (χ4n) is 3.69. The highest BCUT2D eigenvalue weighted by atomic mass is 35.5.